The van der Waals surface area contributed by atoms with Crippen molar-refractivity contribution < 1.29 is 9.53 Å². The molecule has 0 fully saturated rings. The molecule has 7 heteroatoms. The summed E-state index contributed by atoms with van der Waals surface area (Å²) < 4.78 is 7.67. The van der Waals surface area contributed by atoms with E-state index in [0.29, 0.717) is 32.2 Å². The molecule has 2 aromatic heterocycles. The number of hydrogen-bond donors (Lipinski definition) is 0. The number of carbonyl (C=O) groups excluding carboxylic acids is 1. The van der Waals surface area contributed by atoms with Crippen LogP contribution in [0.4, 0.5) is 0 Å². The smallest absolute Gasteiger partial charge is 0.217 e. The zero-order valence-electron chi connectivity index (χ0n) is 10.4. The lowest BCUT2D eigenvalue weighted by atomic mass is 10.1. The summed E-state index contributed by atoms with van der Waals surface area (Å²) in [6.45, 7) is 2.65. The van der Waals surface area contributed by atoms with Crippen LogP contribution in [0.2, 0.25) is 8.67 Å². The Morgan fingerprint density at radius 3 is 2.79 bits per heavy atom. The maximum absolute atomic E-state index is 12.5. The molecular formula is C12H12Cl2N2O2S. The van der Waals surface area contributed by atoms with Gasteiger partial charge in [-0.15, -0.1) is 11.3 Å². The van der Waals surface area contributed by atoms with E-state index in [1.165, 1.54) is 24.6 Å². The van der Waals surface area contributed by atoms with Crippen molar-refractivity contribution in [2.45, 2.75) is 19.9 Å². The van der Waals surface area contributed by atoms with E-state index in [1.54, 1.807) is 10.7 Å². The molecule has 0 aliphatic heterocycles. The lowest BCUT2D eigenvalue weighted by Gasteiger charge is -2.06. The molecule has 0 bridgehead atoms. The van der Waals surface area contributed by atoms with Gasteiger partial charge in [0, 0.05) is 6.54 Å². The van der Waals surface area contributed by atoms with Crippen molar-refractivity contribution in [1.82, 2.24) is 9.78 Å². The number of halogens is 2. The van der Waals surface area contributed by atoms with Crippen LogP contribution in [-0.2, 0) is 6.54 Å². The van der Waals surface area contributed by atoms with Gasteiger partial charge in [0.1, 0.15) is 4.34 Å². The van der Waals surface area contributed by atoms with Crippen LogP contribution < -0.4 is 4.74 Å². The summed E-state index contributed by atoms with van der Waals surface area (Å²) in [5.74, 6) is 0.216. The Balaban J connectivity index is 2.48. The first-order chi connectivity index (χ1) is 9.08. The molecule has 0 radical (unpaired) electrons. The molecule has 0 spiro atoms. The molecule has 0 saturated carbocycles. The lowest BCUT2D eigenvalue weighted by molar-refractivity contribution is 0.102. The zero-order valence-corrected chi connectivity index (χ0v) is 12.8. The second-order valence-electron chi connectivity index (χ2n) is 3.85. The maximum atomic E-state index is 12.5. The first kappa shape index (κ1) is 14.4. The van der Waals surface area contributed by atoms with E-state index < -0.39 is 0 Å². The number of methoxy groups -OCH3 is 1. The van der Waals surface area contributed by atoms with Crippen molar-refractivity contribution in [3.63, 3.8) is 0 Å². The lowest BCUT2D eigenvalue weighted by Crippen LogP contribution is -2.12. The summed E-state index contributed by atoms with van der Waals surface area (Å²) in [6, 6.07) is 1.57. The first-order valence-electron chi connectivity index (χ1n) is 5.67. The minimum Gasteiger partial charge on any atom is -0.493 e. The molecule has 0 saturated heterocycles. The summed E-state index contributed by atoms with van der Waals surface area (Å²) >= 11 is 13.1. The summed E-state index contributed by atoms with van der Waals surface area (Å²) in [5.41, 5.74) is 0.786. The number of aryl methyl sites for hydroxylation is 1. The molecule has 0 aliphatic rings. The molecule has 2 aromatic rings. The predicted octanol–water partition coefficient (Wildman–Crippen LogP) is 3.90. The van der Waals surface area contributed by atoms with Crippen LogP contribution in [0, 0.1) is 0 Å². The molecule has 0 atom stereocenters. The van der Waals surface area contributed by atoms with Crippen LogP contribution in [-0.4, -0.2) is 22.7 Å². The largest absolute Gasteiger partial charge is 0.493 e. The van der Waals surface area contributed by atoms with E-state index in [4.69, 9.17) is 27.9 Å². The SMILES string of the molecule is CCCn1ncc(OC)c1C(=O)c1cc(Cl)sc1Cl. The van der Waals surface area contributed by atoms with Gasteiger partial charge in [-0.3, -0.25) is 9.48 Å². The number of nitrogens with zero attached hydrogens (tertiary/aromatic N) is 2. The topological polar surface area (TPSA) is 44.1 Å². The van der Waals surface area contributed by atoms with E-state index in [1.807, 2.05) is 6.92 Å². The van der Waals surface area contributed by atoms with Gasteiger partial charge in [0.2, 0.25) is 5.78 Å². The number of ketones is 1. The van der Waals surface area contributed by atoms with Gasteiger partial charge in [-0.2, -0.15) is 5.10 Å². The van der Waals surface area contributed by atoms with Gasteiger partial charge in [0.15, 0.2) is 11.4 Å². The molecule has 2 rings (SSSR count). The second kappa shape index (κ2) is 5.94. The van der Waals surface area contributed by atoms with Crippen LogP contribution >= 0.6 is 34.5 Å². The van der Waals surface area contributed by atoms with E-state index in [0.717, 1.165) is 6.42 Å². The van der Waals surface area contributed by atoms with Crippen molar-refractivity contribution in [2.75, 3.05) is 7.11 Å². The number of ether oxygens (including phenoxy) is 1. The Kier molecular flexibility index (Phi) is 4.50. The van der Waals surface area contributed by atoms with Crippen molar-refractivity contribution in [3.05, 3.63) is 32.2 Å². The summed E-state index contributed by atoms with van der Waals surface area (Å²) in [5, 5.41) is 4.16. The second-order valence-corrected chi connectivity index (χ2v) is 6.14. The highest BCUT2D eigenvalue weighted by atomic mass is 35.5. The average molecular weight is 319 g/mol. The van der Waals surface area contributed by atoms with Crippen LogP contribution in [0.25, 0.3) is 0 Å². The van der Waals surface area contributed by atoms with E-state index in [9.17, 15) is 4.79 Å². The molecule has 2 heterocycles. The molecule has 0 N–H and O–H groups in total. The highest BCUT2D eigenvalue weighted by Gasteiger charge is 2.24. The Hall–Kier alpha value is -1.04. The van der Waals surface area contributed by atoms with E-state index in [2.05, 4.69) is 5.10 Å². The molecule has 0 aromatic carbocycles. The maximum Gasteiger partial charge on any atom is 0.217 e. The van der Waals surface area contributed by atoms with Crippen molar-refractivity contribution in [3.8, 4) is 5.75 Å². The summed E-state index contributed by atoms with van der Waals surface area (Å²) in [7, 11) is 1.51. The molecule has 4 nitrogen and oxygen atoms in total. The minimum absolute atomic E-state index is 0.226. The standard InChI is InChI=1S/C12H12Cl2N2O2S/c1-3-4-16-10(8(18-2)6-15-16)11(17)7-5-9(13)19-12(7)14/h5-6H,3-4H2,1-2H3. The summed E-state index contributed by atoms with van der Waals surface area (Å²) in [4.78, 5) is 12.5. The normalized spacial score (nSPS) is 10.7. The fraction of sp³-hybridized carbons (Fsp3) is 0.333. The van der Waals surface area contributed by atoms with Crippen molar-refractivity contribution in [2.24, 2.45) is 0 Å². The quantitative estimate of drug-likeness (QED) is 0.785. The van der Waals surface area contributed by atoms with Crippen LogP contribution in [0.15, 0.2) is 12.3 Å². The fourth-order valence-corrected chi connectivity index (χ4v) is 3.21. The van der Waals surface area contributed by atoms with Crippen molar-refractivity contribution >= 4 is 40.3 Å². The van der Waals surface area contributed by atoms with Gasteiger partial charge in [0.05, 0.1) is 23.2 Å². The number of carbonyl (C=O) groups is 1. The van der Waals surface area contributed by atoms with Crippen LogP contribution in [0.5, 0.6) is 5.75 Å². The zero-order chi connectivity index (χ0) is 14.0. The van der Waals surface area contributed by atoms with E-state index >= 15 is 0 Å². The first-order valence-corrected chi connectivity index (χ1v) is 7.25. The van der Waals surface area contributed by atoms with Gasteiger partial charge < -0.3 is 4.74 Å². The van der Waals surface area contributed by atoms with Crippen LogP contribution in [0.1, 0.15) is 29.4 Å². The molecule has 19 heavy (non-hydrogen) atoms. The highest BCUT2D eigenvalue weighted by molar-refractivity contribution is 7.20. The van der Waals surface area contributed by atoms with Crippen molar-refractivity contribution in [1.29, 1.82) is 0 Å². The monoisotopic (exact) mass is 318 g/mol. The van der Waals surface area contributed by atoms with Crippen LogP contribution in [0.3, 0.4) is 0 Å². The molecule has 0 unspecified atom stereocenters. The van der Waals surface area contributed by atoms with Gasteiger partial charge in [-0.25, -0.2) is 0 Å². The highest BCUT2D eigenvalue weighted by Crippen LogP contribution is 2.34. The Labute approximate surface area is 124 Å². The molecular weight excluding hydrogens is 307 g/mol. The Morgan fingerprint density at radius 2 is 2.26 bits per heavy atom. The van der Waals surface area contributed by atoms with Gasteiger partial charge in [0.25, 0.3) is 0 Å². The third kappa shape index (κ3) is 2.78. The fourth-order valence-electron chi connectivity index (χ4n) is 1.75. The molecule has 0 amide bonds. The van der Waals surface area contributed by atoms with Gasteiger partial charge >= 0.3 is 0 Å². The molecule has 0 aliphatic carbocycles. The van der Waals surface area contributed by atoms with E-state index in [-0.39, 0.29) is 5.78 Å². The average Bonchev–Trinajstić information content (AvgIpc) is 2.92. The number of aromatic nitrogens is 2. The molecule has 102 valence electrons. The van der Waals surface area contributed by atoms with Gasteiger partial charge in [-0.1, -0.05) is 30.1 Å². The Morgan fingerprint density at radius 1 is 1.53 bits per heavy atom. The predicted molar refractivity (Wildman–Crippen MR) is 76.8 cm³/mol. The third-order valence-electron chi connectivity index (χ3n) is 2.58. The summed E-state index contributed by atoms with van der Waals surface area (Å²) in [6.07, 6.45) is 2.40. The minimum atomic E-state index is -0.226. The van der Waals surface area contributed by atoms with Gasteiger partial charge in [-0.05, 0) is 12.5 Å². The number of rotatable bonds is 5. The third-order valence-corrected chi connectivity index (χ3v) is 4.07. The number of thiophene rings is 1. The Bertz CT molecular complexity index is 607. The number of hydrogen-bond acceptors (Lipinski definition) is 4.